The molecule has 0 saturated carbocycles. The van der Waals surface area contributed by atoms with Gasteiger partial charge in [0.25, 0.3) is 5.56 Å². The smallest absolute Gasteiger partial charge is 0.323 e. The molecule has 8 nitrogen and oxygen atoms in total. The number of imidazole rings is 1. The molecule has 1 saturated heterocycles. The summed E-state index contributed by atoms with van der Waals surface area (Å²) in [6.45, 7) is 13.1. The number of hydrogen-bond donors (Lipinski definition) is 2. The minimum absolute atomic E-state index is 0.00644. The van der Waals surface area contributed by atoms with Gasteiger partial charge in [0, 0.05) is 37.5 Å². The Morgan fingerprint density at radius 2 is 2.03 bits per heavy atom. The highest BCUT2D eigenvalue weighted by Gasteiger charge is 2.24. The number of hydrogen-bond acceptors (Lipinski definition) is 6. The van der Waals surface area contributed by atoms with E-state index >= 15 is 0 Å². The van der Waals surface area contributed by atoms with Gasteiger partial charge in [0.2, 0.25) is 0 Å². The molecular formula is C29H41N5O3. The second-order valence-electron chi connectivity index (χ2n) is 11.0. The van der Waals surface area contributed by atoms with E-state index in [2.05, 4.69) is 33.4 Å². The van der Waals surface area contributed by atoms with Crippen LogP contribution in [0.3, 0.4) is 0 Å². The van der Waals surface area contributed by atoms with Crippen LogP contribution in [0.4, 0.5) is 0 Å². The second kappa shape index (κ2) is 11.6. The molecule has 2 unspecified atom stereocenters. The second-order valence-corrected chi connectivity index (χ2v) is 11.0. The summed E-state index contributed by atoms with van der Waals surface area (Å²) in [6, 6.07) is 7.86. The van der Waals surface area contributed by atoms with Crippen LogP contribution in [0.25, 0.3) is 22.4 Å². The Labute approximate surface area is 219 Å². The lowest BCUT2D eigenvalue weighted by Gasteiger charge is -2.24. The maximum Gasteiger partial charge on any atom is 0.323 e. The van der Waals surface area contributed by atoms with E-state index in [1.54, 1.807) is 11.6 Å². The van der Waals surface area contributed by atoms with E-state index in [0.717, 1.165) is 47.6 Å². The third kappa shape index (κ3) is 6.30. The van der Waals surface area contributed by atoms with Crippen molar-refractivity contribution in [1.82, 2.24) is 24.8 Å². The fourth-order valence-electron chi connectivity index (χ4n) is 5.15. The van der Waals surface area contributed by atoms with E-state index in [0.29, 0.717) is 18.0 Å². The number of pyridine rings is 1. The molecule has 0 bridgehead atoms. The summed E-state index contributed by atoms with van der Waals surface area (Å²) in [5, 5.41) is 6.94. The molecule has 4 rings (SSSR count). The van der Waals surface area contributed by atoms with Crippen molar-refractivity contribution in [2.45, 2.75) is 72.7 Å². The summed E-state index contributed by atoms with van der Waals surface area (Å²) in [7, 11) is 1.79. The van der Waals surface area contributed by atoms with Crippen molar-refractivity contribution in [3.05, 3.63) is 51.9 Å². The fraction of sp³-hybridized carbons (Fsp3) is 0.552. The zero-order valence-electron chi connectivity index (χ0n) is 23.0. The summed E-state index contributed by atoms with van der Waals surface area (Å²) in [5.41, 5.74) is 4.73. The molecule has 200 valence electrons. The predicted molar refractivity (Wildman–Crippen MR) is 147 cm³/mol. The Morgan fingerprint density at radius 3 is 2.68 bits per heavy atom. The molecule has 3 heterocycles. The summed E-state index contributed by atoms with van der Waals surface area (Å²) < 4.78 is 9.41. The van der Waals surface area contributed by atoms with Crippen LogP contribution in [0.5, 0.6) is 0 Å². The molecule has 37 heavy (non-hydrogen) atoms. The molecule has 2 aromatic heterocycles. The van der Waals surface area contributed by atoms with Crippen LogP contribution in [0.1, 0.15) is 51.7 Å². The van der Waals surface area contributed by atoms with Gasteiger partial charge < -0.3 is 24.5 Å². The van der Waals surface area contributed by atoms with Gasteiger partial charge in [-0.3, -0.25) is 9.59 Å². The Morgan fingerprint density at radius 1 is 1.24 bits per heavy atom. The molecule has 0 radical (unpaired) electrons. The Hall–Kier alpha value is -2.97. The van der Waals surface area contributed by atoms with Crippen LogP contribution in [0.15, 0.2) is 35.3 Å². The van der Waals surface area contributed by atoms with Crippen LogP contribution >= 0.6 is 0 Å². The van der Waals surface area contributed by atoms with Gasteiger partial charge in [-0.05, 0) is 82.3 Å². The number of ether oxygens (including phenoxy) is 1. The standard InChI is InChI=1S/C29H41N5O3/c1-18(2)26(29(36)37-19(3)4)31-15-21-9-10-24-25(13-21)34(16-22-8-7-11-30-14-22)27(32-24)23-12-20(5)28(35)33(6)17-23/h9-10,12-13,17-19,22,26,30-31H,7-8,11,14-16H2,1-6H3. The quantitative estimate of drug-likeness (QED) is 0.429. The van der Waals surface area contributed by atoms with E-state index in [4.69, 9.17) is 9.72 Å². The number of benzene rings is 1. The largest absolute Gasteiger partial charge is 0.462 e. The molecule has 0 spiro atoms. The van der Waals surface area contributed by atoms with E-state index in [9.17, 15) is 9.59 Å². The lowest BCUT2D eigenvalue weighted by Crippen LogP contribution is -2.42. The molecule has 0 amide bonds. The number of carbonyl (C=O) groups excluding carboxylic acids is 1. The van der Waals surface area contributed by atoms with E-state index in [1.165, 1.54) is 12.8 Å². The van der Waals surface area contributed by atoms with Crippen LogP contribution < -0.4 is 16.2 Å². The molecule has 3 aromatic rings. The maximum atomic E-state index is 12.6. The number of carbonyl (C=O) groups is 1. The molecule has 1 aliphatic rings. The Bertz CT molecular complexity index is 1270. The first-order chi connectivity index (χ1) is 17.6. The van der Waals surface area contributed by atoms with Gasteiger partial charge >= 0.3 is 5.97 Å². The average Bonchev–Trinajstić information content (AvgIpc) is 3.20. The Kier molecular flexibility index (Phi) is 8.49. The van der Waals surface area contributed by atoms with E-state index < -0.39 is 0 Å². The topological polar surface area (TPSA) is 90.2 Å². The van der Waals surface area contributed by atoms with Gasteiger partial charge in [-0.15, -0.1) is 0 Å². The lowest BCUT2D eigenvalue weighted by atomic mass is 9.99. The number of fused-ring (bicyclic) bond motifs is 1. The molecule has 2 atom stereocenters. The number of piperidine rings is 1. The van der Waals surface area contributed by atoms with Crippen LogP contribution in [0.2, 0.25) is 0 Å². The molecule has 8 heteroatoms. The van der Waals surface area contributed by atoms with Crippen molar-refractivity contribution in [3.8, 4) is 11.4 Å². The number of aromatic nitrogens is 3. The number of nitrogens with one attached hydrogen (secondary N) is 2. The molecule has 1 fully saturated rings. The zero-order valence-corrected chi connectivity index (χ0v) is 23.0. The molecule has 0 aliphatic carbocycles. The van der Waals surface area contributed by atoms with E-state index in [1.807, 2.05) is 46.9 Å². The number of esters is 1. The molecule has 1 aliphatic heterocycles. The van der Waals surface area contributed by atoms with Crippen LogP contribution in [-0.2, 0) is 29.7 Å². The first kappa shape index (κ1) is 27.1. The molecular weight excluding hydrogens is 466 g/mol. The number of rotatable bonds is 9. The third-order valence-electron chi connectivity index (χ3n) is 7.07. The van der Waals surface area contributed by atoms with Crippen LogP contribution in [-0.4, -0.2) is 45.3 Å². The fourth-order valence-corrected chi connectivity index (χ4v) is 5.15. The highest BCUT2D eigenvalue weighted by Crippen LogP contribution is 2.28. The predicted octanol–water partition coefficient (Wildman–Crippen LogP) is 3.78. The SMILES string of the molecule is Cc1cc(-c2nc3ccc(CNC(C(=O)OC(C)C)C(C)C)cc3n2CC2CCCNC2)cn(C)c1=O. The summed E-state index contributed by atoms with van der Waals surface area (Å²) in [6.07, 6.45) is 4.08. The van der Waals surface area contributed by atoms with Crippen molar-refractivity contribution in [1.29, 1.82) is 0 Å². The lowest BCUT2D eigenvalue weighted by molar-refractivity contribution is -0.151. The van der Waals surface area contributed by atoms with Gasteiger partial charge in [0.1, 0.15) is 11.9 Å². The van der Waals surface area contributed by atoms with Gasteiger partial charge in [-0.25, -0.2) is 4.98 Å². The molecule has 2 N–H and O–H groups in total. The maximum absolute atomic E-state index is 12.6. The third-order valence-corrected chi connectivity index (χ3v) is 7.07. The number of aryl methyl sites for hydroxylation is 2. The first-order valence-corrected chi connectivity index (χ1v) is 13.5. The van der Waals surface area contributed by atoms with Gasteiger partial charge in [-0.2, -0.15) is 0 Å². The summed E-state index contributed by atoms with van der Waals surface area (Å²) in [4.78, 5) is 30.0. The minimum atomic E-state index is -0.375. The molecule has 1 aromatic carbocycles. The normalized spacial score (nSPS) is 17.0. The van der Waals surface area contributed by atoms with Gasteiger partial charge in [-0.1, -0.05) is 19.9 Å². The highest BCUT2D eigenvalue weighted by molar-refractivity contribution is 5.81. The highest BCUT2D eigenvalue weighted by atomic mass is 16.5. The summed E-state index contributed by atoms with van der Waals surface area (Å²) in [5.74, 6) is 1.29. The van der Waals surface area contributed by atoms with Crippen molar-refractivity contribution in [2.24, 2.45) is 18.9 Å². The van der Waals surface area contributed by atoms with Crippen molar-refractivity contribution in [3.63, 3.8) is 0 Å². The minimum Gasteiger partial charge on any atom is -0.462 e. The van der Waals surface area contributed by atoms with Crippen LogP contribution in [0, 0.1) is 18.8 Å². The zero-order chi connectivity index (χ0) is 26.7. The monoisotopic (exact) mass is 507 g/mol. The number of nitrogens with zero attached hydrogens (tertiary/aromatic N) is 3. The first-order valence-electron chi connectivity index (χ1n) is 13.5. The van der Waals surface area contributed by atoms with Crippen molar-refractivity contribution < 1.29 is 9.53 Å². The average molecular weight is 508 g/mol. The summed E-state index contributed by atoms with van der Waals surface area (Å²) >= 11 is 0. The van der Waals surface area contributed by atoms with E-state index in [-0.39, 0.29) is 29.6 Å². The Balaban J connectivity index is 1.69. The van der Waals surface area contributed by atoms with Crippen molar-refractivity contribution in [2.75, 3.05) is 13.1 Å². The van der Waals surface area contributed by atoms with Gasteiger partial charge in [0.15, 0.2) is 0 Å². The van der Waals surface area contributed by atoms with Gasteiger partial charge in [0.05, 0.1) is 17.1 Å². The van der Waals surface area contributed by atoms with Crippen molar-refractivity contribution >= 4 is 17.0 Å².